The van der Waals surface area contributed by atoms with Crippen LogP contribution in [-0.4, -0.2) is 17.9 Å². The van der Waals surface area contributed by atoms with Gasteiger partial charge in [-0.25, -0.2) is 4.90 Å². The Morgan fingerprint density at radius 1 is 1.09 bits per heavy atom. The van der Waals surface area contributed by atoms with Crippen molar-refractivity contribution in [2.45, 2.75) is 25.8 Å². The molecule has 2 amide bonds. The Bertz CT molecular complexity index is 726. The summed E-state index contributed by atoms with van der Waals surface area (Å²) in [5.41, 5.74) is 2.56. The van der Waals surface area contributed by atoms with Crippen LogP contribution < -0.4 is 10.2 Å². The maximum absolute atomic E-state index is 12.6. The van der Waals surface area contributed by atoms with E-state index in [0.29, 0.717) is 10.7 Å². The van der Waals surface area contributed by atoms with E-state index in [2.05, 4.69) is 12.2 Å². The Morgan fingerprint density at radius 2 is 1.74 bits per heavy atom. The van der Waals surface area contributed by atoms with E-state index >= 15 is 0 Å². The van der Waals surface area contributed by atoms with Gasteiger partial charge in [0.15, 0.2) is 0 Å². The molecule has 1 aliphatic heterocycles. The number of hydrogen-bond donors (Lipinski definition) is 1. The van der Waals surface area contributed by atoms with Gasteiger partial charge < -0.3 is 5.32 Å². The van der Waals surface area contributed by atoms with Crippen molar-refractivity contribution in [3.8, 4) is 0 Å². The molecule has 0 bridgehead atoms. The van der Waals surface area contributed by atoms with E-state index in [4.69, 9.17) is 11.6 Å². The number of amides is 2. The highest BCUT2D eigenvalue weighted by Gasteiger charge is 2.39. The van der Waals surface area contributed by atoms with Crippen LogP contribution in [0.5, 0.6) is 0 Å². The van der Waals surface area contributed by atoms with Crippen LogP contribution >= 0.6 is 11.6 Å². The number of hydrogen-bond acceptors (Lipinski definition) is 3. The smallest absolute Gasteiger partial charge is 0.256 e. The quantitative estimate of drug-likeness (QED) is 0.872. The fourth-order valence-electron chi connectivity index (χ4n) is 2.64. The minimum absolute atomic E-state index is 0.150. The number of aryl methyl sites for hydroxylation is 1. The number of halogens is 1. The Labute approximate surface area is 140 Å². The molecule has 1 saturated heterocycles. The van der Waals surface area contributed by atoms with Gasteiger partial charge in [-0.15, -0.1) is 0 Å². The first-order chi connectivity index (χ1) is 11.1. The lowest BCUT2D eigenvalue weighted by atomic mass is 10.1. The number of benzene rings is 2. The highest BCUT2D eigenvalue weighted by atomic mass is 35.5. The maximum atomic E-state index is 12.6. The molecule has 1 aliphatic rings. The molecule has 1 N–H and O–H groups in total. The average Bonchev–Trinajstić information content (AvgIpc) is 2.84. The number of rotatable bonds is 4. The lowest BCUT2D eigenvalue weighted by Crippen LogP contribution is -2.34. The van der Waals surface area contributed by atoms with Crippen LogP contribution in [0.3, 0.4) is 0 Å². The second-order valence-electron chi connectivity index (χ2n) is 5.50. The van der Waals surface area contributed by atoms with Crippen LogP contribution in [0.25, 0.3) is 0 Å². The summed E-state index contributed by atoms with van der Waals surface area (Å²) in [6.07, 6.45) is 1.07. The number of carbonyl (C=O) groups is 2. The molecule has 5 heteroatoms. The van der Waals surface area contributed by atoms with E-state index < -0.39 is 6.04 Å². The predicted molar refractivity (Wildman–Crippen MR) is 91.8 cm³/mol. The van der Waals surface area contributed by atoms with Crippen LogP contribution in [0.2, 0.25) is 5.02 Å². The monoisotopic (exact) mass is 328 g/mol. The van der Waals surface area contributed by atoms with E-state index in [-0.39, 0.29) is 18.2 Å². The van der Waals surface area contributed by atoms with Gasteiger partial charge in [0.25, 0.3) is 5.91 Å². The fourth-order valence-corrected chi connectivity index (χ4v) is 2.77. The summed E-state index contributed by atoms with van der Waals surface area (Å²) >= 11 is 5.85. The van der Waals surface area contributed by atoms with E-state index in [1.165, 1.54) is 10.5 Å². The van der Waals surface area contributed by atoms with Gasteiger partial charge >= 0.3 is 0 Å². The second kappa shape index (κ2) is 6.42. The zero-order valence-electron chi connectivity index (χ0n) is 12.8. The first kappa shape index (κ1) is 15.6. The van der Waals surface area contributed by atoms with E-state index in [0.717, 1.165) is 12.1 Å². The molecular formula is C18H17ClN2O2. The zero-order chi connectivity index (χ0) is 16.4. The van der Waals surface area contributed by atoms with Crippen molar-refractivity contribution in [1.82, 2.24) is 0 Å². The Hall–Kier alpha value is -2.33. The summed E-state index contributed by atoms with van der Waals surface area (Å²) in [4.78, 5) is 26.1. The number of anilines is 2. The molecule has 1 fully saturated rings. The van der Waals surface area contributed by atoms with Gasteiger partial charge in [-0.05, 0) is 48.4 Å². The zero-order valence-corrected chi connectivity index (χ0v) is 13.5. The molecule has 0 aliphatic carbocycles. The molecule has 2 aromatic rings. The lowest BCUT2D eigenvalue weighted by molar-refractivity contribution is -0.121. The Balaban J connectivity index is 1.77. The topological polar surface area (TPSA) is 49.4 Å². The second-order valence-corrected chi connectivity index (χ2v) is 5.93. The SMILES string of the molecule is CCc1ccc(N2C(=O)C[C@@H](Nc3ccc(Cl)cc3)C2=O)cc1. The van der Waals surface area contributed by atoms with Gasteiger partial charge in [-0.3, -0.25) is 9.59 Å². The molecule has 4 nitrogen and oxygen atoms in total. The predicted octanol–water partition coefficient (Wildman–Crippen LogP) is 3.65. The molecule has 2 aromatic carbocycles. The number of nitrogens with one attached hydrogen (secondary N) is 1. The lowest BCUT2D eigenvalue weighted by Gasteiger charge is -2.16. The van der Waals surface area contributed by atoms with Crippen molar-refractivity contribution >= 4 is 34.8 Å². The largest absolute Gasteiger partial charge is 0.373 e. The minimum atomic E-state index is -0.547. The highest BCUT2D eigenvalue weighted by Crippen LogP contribution is 2.25. The molecule has 0 unspecified atom stereocenters. The van der Waals surface area contributed by atoms with Gasteiger partial charge in [0.1, 0.15) is 6.04 Å². The summed E-state index contributed by atoms with van der Waals surface area (Å²) in [5.74, 6) is -0.417. The first-order valence-electron chi connectivity index (χ1n) is 7.56. The van der Waals surface area contributed by atoms with Gasteiger partial charge in [0, 0.05) is 10.7 Å². The summed E-state index contributed by atoms with van der Waals surface area (Å²) in [7, 11) is 0. The molecule has 118 valence electrons. The van der Waals surface area contributed by atoms with Crippen LogP contribution in [-0.2, 0) is 16.0 Å². The molecular weight excluding hydrogens is 312 g/mol. The van der Waals surface area contributed by atoms with E-state index in [9.17, 15) is 9.59 Å². The standard InChI is InChI=1S/C18H17ClN2O2/c1-2-12-3-9-15(10-4-12)21-17(22)11-16(18(21)23)20-14-7-5-13(19)6-8-14/h3-10,16,20H,2,11H2,1H3/t16-/m1/s1. The third-order valence-electron chi connectivity index (χ3n) is 3.93. The van der Waals surface area contributed by atoms with Gasteiger partial charge in [-0.2, -0.15) is 0 Å². The normalized spacial score (nSPS) is 17.7. The maximum Gasteiger partial charge on any atom is 0.256 e. The summed E-state index contributed by atoms with van der Waals surface area (Å²) in [5, 5.41) is 3.73. The van der Waals surface area contributed by atoms with Gasteiger partial charge in [0.05, 0.1) is 12.1 Å². The van der Waals surface area contributed by atoms with Crippen molar-refractivity contribution in [2.75, 3.05) is 10.2 Å². The average molecular weight is 329 g/mol. The van der Waals surface area contributed by atoms with Crippen molar-refractivity contribution in [3.63, 3.8) is 0 Å². The van der Waals surface area contributed by atoms with Crippen molar-refractivity contribution in [3.05, 3.63) is 59.1 Å². The Morgan fingerprint density at radius 3 is 2.35 bits per heavy atom. The molecule has 1 atom stereocenters. The van der Waals surface area contributed by atoms with Crippen LogP contribution in [0.4, 0.5) is 11.4 Å². The molecule has 3 rings (SSSR count). The van der Waals surface area contributed by atoms with Gasteiger partial charge in [0.2, 0.25) is 5.91 Å². The molecule has 0 spiro atoms. The molecule has 0 radical (unpaired) electrons. The number of nitrogens with zero attached hydrogens (tertiary/aromatic N) is 1. The Kier molecular flexibility index (Phi) is 4.35. The minimum Gasteiger partial charge on any atom is -0.373 e. The summed E-state index contributed by atoms with van der Waals surface area (Å²) < 4.78 is 0. The number of imide groups is 1. The summed E-state index contributed by atoms with van der Waals surface area (Å²) in [6, 6.07) is 14.0. The highest BCUT2D eigenvalue weighted by molar-refractivity contribution is 6.30. The molecule has 23 heavy (non-hydrogen) atoms. The van der Waals surface area contributed by atoms with Crippen molar-refractivity contribution in [2.24, 2.45) is 0 Å². The molecule has 0 saturated carbocycles. The fraction of sp³-hybridized carbons (Fsp3) is 0.222. The van der Waals surface area contributed by atoms with Crippen molar-refractivity contribution < 1.29 is 9.59 Å². The third kappa shape index (κ3) is 3.22. The van der Waals surface area contributed by atoms with Gasteiger partial charge in [-0.1, -0.05) is 30.7 Å². The van der Waals surface area contributed by atoms with Crippen molar-refractivity contribution in [1.29, 1.82) is 0 Å². The summed E-state index contributed by atoms with van der Waals surface area (Å²) in [6.45, 7) is 2.06. The van der Waals surface area contributed by atoms with Crippen LogP contribution in [0.1, 0.15) is 18.9 Å². The van der Waals surface area contributed by atoms with E-state index in [1.807, 2.05) is 24.3 Å². The molecule has 1 heterocycles. The molecule has 0 aromatic heterocycles. The number of carbonyl (C=O) groups excluding carboxylic acids is 2. The van der Waals surface area contributed by atoms with E-state index in [1.54, 1.807) is 24.3 Å². The van der Waals surface area contributed by atoms with Crippen LogP contribution in [0, 0.1) is 0 Å². The first-order valence-corrected chi connectivity index (χ1v) is 7.94. The third-order valence-corrected chi connectivity index (χ3v) is 4.19. The van der Waals surface area contributed by atoms with Crippen LogP contribution in [0.15, 0.2) is 48.5 Å².